The van der Waals surface area contributed by atoms with Crippen LogP contribution in [-0.4, -0.2) is 38.9 Å². The Morgan fingerprint density at radius 2 is 1.74 bits per heavy atom. The number of sulfonamides is 1. The molecule has 2 rings (SSSR count). The molecule has 0 saturated heterocycles. The van der Waals surface area contributed by atoms with Crippen molar-refractivity contribution in [1.82, 2.24) is 5.32 Å². The standard InChI is InChI=1S/C19H23FN2O3S2/c1-14-4-10-18(11-5-14)26-13-12-21-19(23)15(2)22(27(3,24)25)17-8-6-16(20)7-9-17/h4-11,15H,12-13H2,1-3H3,(H,21,23)/t15-/m0/s1. The van der Waals surface area contributed by atoms with Gasteiger partial charge in [-0.05, 0) is 50.2 Å². The highest BCUT2D eigenvalue weighted by molar-refractivity contribution is 7.99. The van der Waals surface area contributed by atoms with Gasteiger partial charge in [-0.15, -0.1) is 11.8 Å². The Morgan fingerprint density at radius 1 is 1.15 bits per heavy atom. The van der Waals surface area contributed by atoms with E-state index in [-0.39, 0.29) is 5.69 Å². The Kier molecular flexibility index (Phi) is 7.26. The first-order valence-corrected chi connectivity index (χ1v) is 11.2. The van der Waals surface area contributed by atoms with Gasteiger partial charge < -0.3 is 5.32 Å². The van der Waals surface area contributed by atoms with E-state index < -0.39 is 27.8 Å². The zero-order valence-corrected chi connectivity index (χ0v) is 17.1. The fraction of sp³-hybridized carbons (Fsp3) is 0.316. The van der Waals surface area contributed by atoms with Gasteiger partial charge in [-0.1, -0.05) is 17.7 Å². The minimum absolute atomic E-state index is 0.246. The molecule has 0 fully saturated rings. The number of halogens is 1. The Balaban J connectivity index is 1.96. The number of thioether (sulfide) groups is 1. The molecule has 0 saturated carbocycles. The van der Waals surface area contributed by atoms with Crippen molar-refractivity contribution in [3.8, 4) is 0 Å². The van der Waals surface area contributed by atoms with Crippen LogP contribution in [0, 0.1) is 12.7 Å². The topological polar surface area (TPSA) is 66.5 Å². The summed E-state index contributed by atoms with van der Waals surface area (Å²) in [6.45, 7) is 3.93. The fourth-order valence-electron chi connectivity index (χ4n) is 2.52. The zero-order valence-electron chi connectivity index (χ0n) is 15.5. The molecule has 5 nitrogen and oxygen atoms in total. The maximum Gasteiger partial charge on any atom is 0.243 e. The molecular weight excluding hydrogens is 387 g/mol. The van der Waals surface area contributed by atoms with Gasteiger partial charge in [0.25, 0.3) is 0 Å². The summed E-state index contributed by atoms with van der Waals surface area (Å²) < 4.78 is 38.4. The number of hydrogen-bond acceptors (Lipinski definition) is 4. The van der Waals surface area contributed by atoms with E-state index in [2.05, 4.69) is 5.32 Å². The molecule has 0 aliphatic rings. The van der Waals surface area contributed by atoms with Gasteiger partial charge >= 0.3 is 0 Å². The van der Waals surface area contributed by atoms with Crippen LogP contribution in [-0.2, 0) is 14.8 Å². The highest BCUT2D eigenvalue weighted by atomic mass is 32.2. The van der Waals surface area contributed by atoms with Crippen LogP contribution in [0.5, 0.6) is 0 Å². The molecule has 0 bridgehead atoms. The first kappa shape index (κ1) is 21.2. The molecule has 2 aromatic carbocycles. The summed E-state index contributed by atoms with van der Waals surface area (Å²) in [5.41, 5.74) is 1.43. The Hall–Kier alpha value is -2.06. The largest absolute Gasteiger partial charge is 0.353 e. The van der Waals surface area contributed by atoms with Crippen LogP contribution in [0.2, 0.25) is 0 Å². The number of carbonyl (C=O) groups excluding carboxylic acids is 1. The van der Waals surface area contributed by atoms with Crippen molar-refractivity contribution in [2.45, 2.75) is 24.8 Å². The Morgan fingerprint density at radius 3 is 2.30 bits per heavy atom. The third-order valence-electron chi connectivity index (χ3n) is 3.86. The summed E-state index contributed by atoms with van der Waals surface area (Å²) in [5, 5.41) is 2.76. The van der Waals surface area contributed by atoms with E-state index in [0.29, 0.717) is 12.3 Å². The van der Waals surface area contributed by atoms with Crippen LogP contribution >= 0.6 is 11.8 Å². The van der Waals surface area contributed by atoms with Gasteiger partial charge in [0.15, 0.2) is 0 Å². The number of benzene rings is 2. The van der Waals surface area contributed by atoms with Crippen molar-refractivity contribution < 1.29 is 17.6 Å². The van der Waals surface area contributed by atoms with Crippen LogP contribution in [0.4, 0.5) is 10.1 Å². The van der Waals surface area contributed by atoms with Crippen LogP contribution in [0.25, 0.3) is 0 Å². The highest BCUT2D eigenvalue weighted by Gasteiger charge is 2.28. The average molecular weight is 411 g/mol. The number of anilines is 1. The van der Waals surface area contributed by atoms with Crippen molar-refractivity contribution in [2.75, 3.05) is 22.9 Å². The summed E-state index contributed by atoms with van der Waals surface area (Å²) in [7, 11) is -3.71. The van der Waals surface area contributed by atoms with Crippen molar-refractivity contribution in [3.05, 3.63) is 59.9 Å². The van der Waals surface area contributed by atoms with Gasteiger partial charge in [-0.2, -0.15) is 0 Å². The average Bonchev–Trinajstić information content (AvgIpc) is 2.60. The first-order chi connectivity index (χ1) is 12.7. The lowest BCUT2D eigenvalue weighted by Crippen LogP contribution is -2.48. The Bertz CT molecular complexity index is 869. The van der Waals surface area contributed by atoms with Gasteiger partial charge in [0.2, 0.25) is 15.9 Å². The summed E-state index contributed by atoms with van der Waals surface area (Å²) in [4.78, 5) is 13.5. The van der Waals surface area contributed by atoms with Crippen molar-refractivity contribution in [1.29, 1.82) is 0 Å². The van der Waals surface area contributed by atoms with Crippen LogP contribution in [0.3, 0.4) is 0 Å². The van der Waals surface area contributed by atoms with Gasteiger partial charge in [0, 0.05) is 17.2 Å². The summed E-state index contributed by atoms with van der Waals surface area (Å²) >= 11 is 1.61. The quantitative estimate of drug-likeness (QED) is 0.536. The summed E-state index contributed by atoms with van der Waals surface area (Å²) in [6, 6.07) is 12.1. The molecule has 27 heavy (non-hydrogen) atoms. The third kappa shape index (κ3) is 6.25. The van der Waals surface area contributed by atoms with E-state index in [4.69, 9.17) is 0 Å². The van der Waals surface area contributed by atoms with E-state index in [9.17, 15) is 17.6 Å². The molecule has 0 aliphatic carbocycles. The number of rotatable bonds is 8. The molecule has 1 amide bonds. The second kappa shape index (κ2) is 9.23. The van der Waals surface area contributed by atoms with Gasteiger partial charge in [-0.25, -0.2) is 12.8 Å². The van der Waals surface area contributed by atoms with E-state index in [1.807, 2.05) is 31.2 Å². The van der Waals surface area contributed by atoms with Crippen LogP contribution in [0.15, 0.2) is 53.4 Å². The minimum Gasteiger partial charge on any atom is -0.353 e. The molecule has 0 aliphatic heterocycles. The fourth-order valence-corrected chi connectivity index (χ4v) is 4.47. The van der Waals surface area contributed by atoms with E-state index in [0.717, 1.165) is 27.6 Å². The van der Waals surface area contributed by atoms with Gasteiger partial charge in [-0.3, -0.25) is 9.10 Å². The molecule has 8 heteroatoms. The zero-order chi connectivity index (χ0) is 20.0. The van der Waals surface area contributed by atoms with Crippen LogP contribution in [0.1, 0.15) is 12.5 Å². The van der Waals surface area contributed by atoms with E-state index >= 15 is 0 Å². The molecule has 1 atom stereocenters. The van der Waals surface area contributed by atoms with E-state index in [1.54, 1.807) is 11.8 Å². The molecule has 0 aromatic heterocycles. The molecule has 146 valence electrons. The monoisotopic (exact) mass is 410 g/mol. The minimum atomic E-state index is -3.71. The van der Waals surface area contributed by atoms with Crippen molar-refractivity contribution >= 4 is 33.4 Å². The molecule has 0 spiro atoms. The van der Waals surface area contributed by atoms with Crippen molar-refractivity contribution in [2.24, 2.45) is 0 Å². The highest BCUT2D eigenvalue weighted by Crippen LogP contribution is 2.21. The number of nitrogens with zero attached hydrogens (tertiary/aromatic N) is 1. The molecule has 0 unspecified atom stereocenters. The lowest BCUT2D eigenvalue weighted by atomic mass is 10.2. The number of aryl methyl sites for hydroxylation is 1. The smallest absolute Gasteiger partial charge is 0.243 e. The summed E-state index contributed by atoms with van der Waals surface area (Å²) in [6.07, 6.45) is 1.02. The summed E-state index contributed by atoms with van der Waals surface area (Å²) in [5.74, 6) is -0.219. The first-order valence-electron chi connectivity index (χ1n) is 8.40. The molecule has 1 N–H and O–H groups in total. The molecular formula is C19H23FN2O3S2. The maximum atomic E-state index is 13.1. The SMILES string of the molecule is Cc1ccc(SCCNC(=O)[C@H](C)N(c2ccc(F)cc2)S(C)(=O)=O)cc1. The van der Waals surface area contributed by atoms with Gasteiger partial charge in [0.1, 0.15) is 11.9 Å². The van der Waals surface area contributed by atoms with E-state index in [1.165, 1.54) is 24.6 Å². The molecule has 0 heterocycles. The number of amides is 1. The predicted molar refractivity (Wildman–Crippen MR) is 108 cm³/mol. The number of hydrogen-bond donors (Lipinski definition) is 1. The van der Waals surface area contributed by atoms with Gasteiger partial charge in [0.05, 0.1) is 11.9 Å². The Labute approximate surface area is 164 Å². The lowest BCUT2D eigenvalue weighted by Gasteiger charge is -2.28. The van der Waals surface area contributed by atoms with Crippen LogP contribution < -0.4 is 9.62 Å². The second-order valence-corrected chi connectivity index (χ2v) is 9.19. The molecule has 0 radical (unpaired) electrons. The number of carbonyl (C=O) groups is 1. The second-order valence-electron chi connectivity index (χ2n) is 6.16. The number of nitrogens with one attached hydrogen (secondary N) is 1. The molecule has 2 aromatic rings. The third-order valence-corrected chi connectivity index (χ3v) is 6.12. The lowest BCUT2D eigenvalue weighted by molar-refractivity contribution is -0.121. The normalized spacial score (nSPS) is 12.4. The maximum absolute atomic E-state index is 13.1. The predicted octanol–water partition coefficient (Wildman–Crippen LogP) is 3.20. The van der Waals surface area contributed by atoms with Crippen molar-refractivity contribution in [3.63, 3.8) is 0 Å².